The Morgan fingerprint density at radius 3 is 2.35 bits per heavy atom. The Bertz CT molecular complexity index is 320. The number of hydrazine groups is 1. The van der Waals surface area contributed by atoms with E-state index in [0.717, 1.165) is 18.8 Å². The summed E-state index contributed by atoms with van der Waals surface area (Å²) in [7, 11) is 0. The van der Waals surface area contributed by atoms with Crippen molar-refractivity contribution in [1.82, 2.24) is 14.9 Å². The Kier molecular flexibility index (Phi) is 5.31. The lowest BCUT2D eigenvalue weighted by Gasteiger charge is -2.27. The van der Waals surface area contributed by atoms with Crippen molar-refractivity contribution in [3.63, 3.8) is 0 Å². The third-order valence-corrected chi connectivity index (χ3v) is 2.55. The van der Waals surface area contributed by atoms with Gasteiger partial charge in [-0.05, 0) is 19.8 Å². The Morgan fingerprint density at radius 2 is 1.94 bits per heavy atom. The molecule has 0 atom stereocenters. The van der Waals surface area contributed by atoms with E-state index in [0.29, 0.717) is 17.8 Å². The minimum Gasteiger partial charge on any atom is -0.307 e. The van der Waals surface area contributed by atoms with Crippen LogP contribution in [0.2, 0.25) is 0 Å². The van der Waals surface area contributed by atoms with Crippen molar-refractivity contribution in [1.29, 1.82) is 0 Å². The first kappa shape index (κ1) is 13.9. The fourth-order valence-corrected chi connectivity index (χ4v) is 1.65. The Morgan fingerprint density at radius 1 is 1.24 bits per heavy atom. The predicted octanol–water partition coefficient (Wildman–Crippen LogP) is 1.63. The van der Waals surface area contributed by atoms with Gasteiger partial charge in [-0.25, -0.2) is 10.8 Å². The largest absolute Gasteiger partial charge is 0.307 e. The van der Waals surface area contributed by atoms with Crippen LogP contribution < -0.4 is 11.3 Å². The van der Waals surface area contributed by atoms with Gasteiger partial charge in [0.2, 0.25) is 0 Å². The highest BCUT2D eigenvalue weighted by Gasteiger charge is 2.12. The molecule has 1 rings (SSSR count). The molecule has 0 saturated carbocycles. The number of rotatable bonds is 6. The first-order chi connectivity index (χ1) is 8.02. The molecule has 17 heavy (non-hydrogen) atoms. The molecule has 5 nitrogen and oxygen atoms in total. The van der Waals surface area contributed by atoms with E-state index in [1.165, 1.54) is 0 Å². The lowest BCUT2D eigenvalue weighted by atomic mass is 10.1. The minimum atomic E-state index is 0.506. The van der Waals surface area contributed by atoms with Crippen molar-refractivity contribution in [2.45, 2.75) is 40.3 Å². The molecule has 5 heteroatoms. The predicted molar refractivity (Wildman–Crippen MR) is 70.2 cm³/mol. The fourth-order valence-electron chi connectivity index (χ4n) is 1.65. The molecule has 0 radical (unpaired) electrons. The van der Waals surface area contributed by atoms with Crippen LogP contribution in [0.1, 0.15) is 33.4 Å². The van der Waals surface area contributed by atoms with Gasteiger partial charge in [-0.1, -0.05) is 13.8 Å². The average Bonchev–Trinajstić information content (AvgIpc) is 2.28. The zero-order valence-corrected chi connectivity index (χ0v) is 11.1. The van der Waals surface area contributed by atoms with E-state index >= 15 is 0 Å². The summed E-state index contributed by atoms with van der Waals surface area (Å²) >= 11 is 0. The zero-order valence-electron chi connectivity index (χ0n) is 11.1. The van der Waals surface area contributed by atoms with Crippen molar-refractivity contribution >= 4 is 5.82 Å². The van der Waals surface area contributed by atoms with E-state index in [4.69, 9.17) is 5.84 Å². The van der Waals surface area contributed by atoms with E-state index in [2.05, 4.69) is 48.0 Å². The van der Waals surface area contributed by atoms with E-state index in [1.54, 1.807) is 12.4 Å². The third kappa shape index (κ3) is 4.66. The first-order valence-electron chi connectivity index (χ1n) is 6.04. The molecule has 1 aromatic rings. The van der Waals surface area contributed by atoms with Crippen LogP contribution in [-0.2, 0) is 6.54 Å². The van der Waals surface area contributed by atoms with Gasteiger partial charge in [0.25, 0.3) is 0 Å². The van der Waals surface area contributed by atoms with Crippen LogP contribution in [0.25, 0.3) is 0 Å². The number of nitrogens with two attached hydrogens (primary N) is 1. The van der Waals surface area contributed by atoms with Gasteiger partial charge in [-0.2, -0.15) is 0 Å². The number of anilines is 1. The summed E-state index contributed by atoms with van der Waals surface area (Å²) < 4.78 is 0. The van der Waals surface area contributed by atoms with Crippen molar-refractivity contribution in [3.05, 3.63) is 18.1 Å². The van der Waals surface area contributed by atoms with Crippen molar-refractivity contribution in [2.24, 2.45) is 11.8 Å². The molecule has 0 saturated heterocycles. The maximum atomic E-state index is 5.25. The van der Waals surface area contributed by atoms with E-state index < -0.39 is 0 Å². The maximum Gasteiger partial charge on any atom is 0.158 e. The van der Waals surface area contributed by atoms with Crippen LogP contribution in [-0.4, -0.2) is 27.5 Å². The highest BCUT2D eigenvalue weighted by atomic mass is 15.3. The number of nitrogens with zero attached hydrogens (tertiary/aromatic N) is 3. The summed E-state index contributed by atoms with van der Waals surface area (Å²) in [6.45, 7) is 10.7. The summed E-state index contributed by atoms with van der Waals surface area (Å²) in [5.74, 6) is 6.49. The van der Waals surface area contributed by atoms with E-state index in [-0.39, 0.29) is 0 Å². The highest BCUT2D eigenvalue weighted by molar-refractivity contribution is 5.28. The molecule has 0 aromatic carbocycles. The molecule has 1 aromatic heterocycles. The van der Waals surface area contributed by atoms with Gasteiger partial charge in [0.1, 0.15) is 0 Å². The summed E-state index contributed by atoms with van der Waals surface area (Å²) in [6, 6.07) is 0.506. The molecule has 0 unspecified atom stereocenters. The van der Waals surface area contributed by atoms with E-state index in [9.17, 15) is 0 Å². The number of hydrogen-bond donors (Lipinski definition) is 2. The quantitative estimate of drug-likeness (QED) is 0.581. The van der Waals surface area contributed by atoms with Gasteiger partial charge in [-0.15, -0.1) is 0 Å². The third-order valence-electron chi connectivity index (χ3n) is 2.55. The number of nitrogen functional groups attached to an aromatic ring is 1. The fraction of sp³-hybridized carbons (Fsp3) is 0.667. The second-order valence-electron chi connectivity index (χ2n) is 4.95. The van der Waals surface area contributed by atoms with E-state index in [1.807, 2.05) is 0 Å². The molecule has 3 N–H and O–H groups in total. The molecule has 0 spiro atoms. The van der Waals surface area contributed by atoms with Crippen LogP contribution in [0.15, 0.2) is 12.4 Å². The van der Waals surface area contributed by atoms with Gasteiger partial charge < -0.3 is 5.43 Å². The second-order valence-corrected chi connectivity index (χ2v) is 4.95. The molecule has 0 aliphatic carbocycles. The summed E-state index contributed by atoms with van der Waals surface area (Å²) in [5.41, 5.74) is 3.45. The smallest absolute Gasteiger partial charge is 0.158 e. The van der Waals surface area contributed by atoms with Crippen LogP contribution in [0.3, 0.4) is 0 Å². The molecule has 1 heterocycles. The minimum absolute atomic E-state index is 0.506. The molecule has 0 fully saturated rings. The Balaban J connectivity index is 2.65. The lowest BCUT2D eigenvalue weighted by Crippen LogP contribution is -2.33. The van der Waals surface area contributed by atoms with Gasteiger partial charge in [0.05, 0.1) is 18.1 Å². The van der Waals surface area contributed by atoms with Gasteiger partial charge in [-0.3, -0.25) is 9.88 Å². The maximum absolute atomic E-state index is 5.25. The lowest BCUT2D eigenvalue weighted by molar-refractivity contribution is 0.187. The number of nitrogens with one attached hydrogen (secondary N) is 1. The number of aromatic nitrogens is 2. The molecular weight excluding hydrogens is 214 g/mol. The monoisotopic (exact) mass is 237 g/mol. The molecule has 0 bridgehead atoms. The molecule has 0 aliphatic heterocycles. The molecular formula is C12H23N5. The SMILES string of the molecule is CC(C)CN(Cc1cnc(NN)cn1)C(C)C. The van der Waals surface area contributed by atoms with Crippen molar-refractivity contribution < 1.29 is 0 Å². The topological polar surface area (TPSA) is 67.1 Å². The standard InChI is InChI=1S/C12H23N5/c1-9(2)7-17(10(3)4)8-11-5-15-12(16-13)6-14-11/h5-6,9-10H,7-8,13H2,1-4H3,(H,15,16). The average molecular weight is 237 g/mol. The highest BCUT2D eigenvalue weighted by Crippen LogP contribution is 2.09. The van der Waals surface area contributed by atoms with Gasteiger partial charge in [0.15, 0.2) is 5.82 Å². The molecule has 96 valence electrons. The summed E-state index contributed by atoms with van der Waals surface area (Å²) in [5, 5.41) is 0. The summed E-state index contributed by atoms with van der Waals surface area (Å²) in [6.07, 6.45) is 3.42. The molecule has 0 amide bonds. The Hall–Kier alpha value is -1.20. The van der Waals surface area contributed by atoms with Crippen LogP contribution in [0, 0.1) is 5.92 Å². The van der Waals surface area contributed by atoms with Crippen LogP contribution in [0.5, 0.6) is 0 Å². The van der Waals surface area contributed by atoms with Gasteiger partial charge in [0, 0.05) is 19.1 Å². The van der Waals surface area contributed by atoms with Crippen molar-refractivity contribution in [3.8, 4) is 0 Å². The van der Waals surface area contributed by atoms with Crippen LogP contribution >= 0.6 is 0 Å². The van der Waals surface area contributed by atoms with Gasteiger partial charge >= 0.3 is 0 Å². The first-order valence-corrected chi connectivity index (χ1v) is 6.04. The Labute approximate surface area is 103 Å². The normalized spacial score (nSPS) is 11.5. The zero-order chi connectivity index (χ0) is 12.8. The second kappa shape index (κ2) is 6.51. The number of hydrogen-bond acceptors (Lipinski definition) is 5. The van der Waals surface area contributed by atoms with Crippen molar-refractivity contribution in [2.75, 3.05) is 12.0 Å². The summed E-state index contributed by atoms with van der Waals surface area (Å²) in [4.78, 5) is 10.9. The molecule has 0 aliphatic rings. The van der Waals surface area contributed by atoms with Crippen LogP contribution in [0.4, 0.5) is 5.82 Å².